The van der Waals surface area contributed by atoms with Crippen molar-refractivity contribution in [3.63, 3.8) is 0 Å². The lowest BCUT2D eigenvalue weighted by molar-refractivity contribution is 0.104. The molecule has 0 atom stereocenters. The minimum absolute atomic E-state index is 0.0196. The first-order valence-electron chi connectivity index (χ1n) is 12.0. The molecule has 170 valence electrons. The van der Waals surface area contributed by atoms with Gasteiger partial charge in [0.2, 0.25) is 0 Å². The van der Waals surface area contributed by atoms with E-state index in [1.54, 1.807) is 0 Å². The Morgan fingerprint density at radius 1 is 0.679 bits per heavy atom. The molecule has 0 aromatic rings. The zero-order valence-corrected chi connectivity index (χ0v) is 20.0. The summed E-state index contributed by atoms with van der Waals surface area (Å²) in [5, 5.41) is 0. The third-order valence-electron chi connectivity index (χ3n) is 5.33. The maximum atomic E-state index is 11.9. The Balaban J connectivity index is 3.47. The van der Waals surface area contributed by atoms with Crippen LogP contribution in [-0.4, -0.2) is 26.3 Å². The van der Waals surface area contributed by atoms with Gasteiger partial charge in [0, 0.05) is 0 Å². The average Bonchev–Trinajstić information content (AvgIpc) is 2.62. The van der Waals surface area contributed by atoms with E-state index in [-0.39, 0.29) is 5.75 Å². The van der Waals surface area contributed by atoms with Crippen molar-refractivity contribution < 1.29 is 12.6 Å². The fourth-order valence-corrected chi connectivity index (χ4v) is 4.98. The Labute approximate surface area is 176 Å². The van der Waals surface area contributed by atoms with Crippen LogP contribution in [-0.2, 0) is 14.3 Å². The molecule has 0 aromatic heterocycles. The highest BCUT2D eigenvalue weighted by Gasteiger charge is 2.25. The van der Waals surface area contributed by atoms with Crippen molar-refractivity contribution in [2.45, 2.75) is 136 Å². The summed E-state index contributed by atoms with van der Waals surface area (Å²) in [6.07, 6.45) is 21.3. The lowest BCUT2D eigenvalue weighted by atomic mass is 9.99. The smallest absolute Gasteiger partial charge is 0.267 e. The molecule has 5 heteroatoms. The molecule has 0 unspecified atom stereocenters. The molecule has 28 heavy (non-hydrogen) atoms. The topological polar surface area (TPSA) is 69.4 Å². The van der Waals surface area contributed by atoms with Crippen molar-refractivity contribution in [2.75, 3.05) is 12.3 Å². The van der Waals surface area contributed by atoms with Crippen molar-refractivity contribution in [1.82, 2.24) is 0 Å². The Hall–Kier alpha value is -0.130. The summed E-state index contributed by atoms with van der Waals surface area (Å²) in [5.41, 5.74) is 4.77. The van der Waals surface area contributed by atoms with Crippen LogP contribution in [0.15, 0.2) is 0 Å². The Morgan fingerprint density at radius 2 is 1.07 bits per heavy atom. The van der Waals surface area contributed by atoms with Gasteiger partial charge < -0.3 is 5.73 Å². The van der Waals surface area contributed by atoms with Crippen LogP contribution in [0.2, 0.25) is 0 Å². The van der Waals surface area contributed by atoms with Gasteiger partial charge >= 0.3 is 0 Å². The summed E-state index contributed by atoms with van der Waals surface area (Å²) in [4.78, 5) is 0. The Morgan fingerprint density at radius 3 is 1.46 bits per heavy atom. The molecule has 0 rings (SSSR count). The van der Waals surface area contributed by atoms with Crippen LogP contribution in [0, 0.1) is 0 Å². The first kappa shape index (κ1) is 27.9. The standard InChI is InChI=1S/C23H49NO3S/c1-4-5-6-7-8-9-10-11-12-13-14-15-16-17-18-20-23(2,3)27-28(25,26)22-19-21-24/h4-22,24H2,1-3H3. The van der Waals surface area contributed by atoms with Crippen molar-refractivity contribution in [3.8, 4) is 0 Å². The molecule has 0 aliphatic heterocycles. The minimum atomic E-state index is -3.45. The number of hydrogen-bond donors (Lipinski definition) is 1. The molecule has 0 bridgehead atoms. The zero-order chi connectivity index (χ0) is 21.1. The summed E-state index contributed by atoms with van der Waals surface area (Å²) in [7, 11) is -3.45. The van der Waals surface area contributed by atoms with Crippen LogP contribution >= 0.6 is 0 Å². The zero-order valence-electron chi connectivity index (χ0n) is 19.1. The molecule has 0 aromatic carbocycles. The number of nitrogens with two attached hydrogens (primary N) is 1. The summed E-state index contributed by atoms with van der Waals surface area (Å²) >= 11 is 0. The maximum absolute atomic E-state index is 11.9. The van der Waals surface area contributed by atoms with E-state index in [1.165, 1.54) is 83.5 Å². The third kappa shape index (κ3) is 19.2. The van der Waals surface area contributed by atoms with Crippen LogP contribution < -0.4 is 5.73 Å². The minimum Gasteiger partial charge on any atom is -0.330 e. The molecular weight excluding hydrogens is 370 g/mol. The maximum Gasteiger partial charge on any atom is 0.267 e. The molecule has 0 aliphatic carbocycles. The number of unbranched alkanes of at least 4 members (excludes halogenated alkanes) is 14. The van der Waals surface area contributed by atoms with Crippen LogP contribution in [0.3, 0.4) is 0 Å². The van der Waals surface area contributed by atoms with Crippen molar-refractivity contribution >= 4 is 10.1 Å². The molecule has 0 saturated carbocycles. The highest BCUT2D eigenvalue weighted by Crippen LogP contribution is 2.22. The van der Waals surface area contributed by atoms with Gasteiger partial charge in [0.05, 0.1) is 11.4 Å². The largest absolute Gasteiger partial charge is 0.330 e. The molecular formula is C23H49NO3S. The van der Waals surface area contributed by atoms with E-state index < -0.39 is 15.7 Å². The van der Waals surface area contributed by atoms with Crippen LogP contribution in [0.5, 0.6) is 0 Å². The van der Waals surface area contributed by atoms with Gasteiger partial charge in [0.15, 0.2) is 0 Å². The highest BCUT2D eigenvalue weighted by atomic mass is 32.2. The normalized spacial score (nSPS) is 12.6. The van der Waals surface area contributed by atoms with Crippen LogP contribution in [0.4, 0.5) is 0 Å². The van der Waals surface area contributed by atoms with E-state index in [0.717, 1.165) is 19.3 Å². The highest BCUT2D eigenvalue weighted by molar-refractivity contribution is 7.86. The monoisotopic (exact) mass is 419 g/mol. The predicted octanol–water partition coefficient (Wildman–Crippen LogP) is 6.72. The molecule has 0 heterocycles. The summed E-state index contributed by atoms with van der Waals surface area (Å²) in [5.74, 6) is 0.0196. The lowest BCUT2D eigenvalue weighted by Crippen LogP contribution is -2.29. The SMILES string of the molecule is CCCCCCCCCCCCCCCCCC(C)(C)OS(=O)(=O)CCCN. The molecule has 0 amide bonds. The Kier molecular flexibility index (Phi) is 17.6. The molecule has 0 saturated heterocycles. The average molecular weight is 420 g/mol. The van der Waals surface area contributed by atoms with Crippen molar-refractivity contribution in [2.24, 2.45) is 5.73 Å². The van der Waals surface area contributed by atoms with E-state index in [0.29, 0.717) is 13.0 Å². The first-order valence-corrected chi connectivity index (χ1v) is 13.5. The van der Waals surface area contributed by atoms with E-state index in [4.69, 9.17) is 9.92 Å². The second-order valence-electron chi connectivity index (χ2n) is 8.95. The first-order chi connectivity index (χ1) is 13.3. The summed E-state index contributed by atoms with van der Waals surface area (Å²) in [6.45, 7) is 6.39. The predicted molar refractivity (Wildman–Crippen MR) is 122 cm³/mol. The van der Waals surface area contributed by atoms with Gasteiger partial charge in [-0.25, -0.2) is 0 Å². The van der Waals surface area contributed by atoms with Crippen molar-refractivity contribution in [3.05, 3.63) is 0 Å². The number of hydrogen-bond acceptors (Lipinski definition) is 4. The van der Waals surface area contributed by atoms with Gasteiger partial charge in [0.25, 0.3) is 10.1 Å². The van der Waals surface area contributed by atoms with Crippen LogP contribution in [0.25, 0.3) is 0 Å². The van der Waals surface area contributed by atoms with Gasteiger partial charge in [-0.3, -0.25) is 4.18 Å². The van der Waals surface area contributed by atoms with Gasteiger partial charge in [-0.1, -0.05) is 103 Å². The number of rotatable bonds is 21. The molecule has 0 aliphatic rings. The van der Waals surface area contributed by atoms with Gasteiger partial charge in [-0.05, 0) is 33.2 Å². The molecule has 4 nitrogen and oxygen atoms in total. The molecule has 2 N–H and O–H groups in total. The molecule has 0 fully saturated rings. The second-order valence-corrected chi connectivity index (χ2v) is 10.6. The molecule has 0 radical (unpaired) electrons. The van der Waals surface area contributed by atoms with Crippen LogP contribution in [0.1, 0.15) is 130 Å². The van der Waals surface area contributed by atoms with Crippen molar-refractivity contribution in [1.29, 1.82) is 0 Å². The second kappa shape index (κ2) is 17.7. The third-order valence-corrected chi connectivity index (χ3v) is 6.83. The van der Waals surface area contributed by atoms with E-state index in [9.17, 15) is 8.42 Å². The fraction of sp³-hybridized carbons (Fsp3) is 1.00. The van der Waals surface area contributed by atoms with Gasteiger partial charge in [-0.2, -0.15) is 8.42 Å². The van der Waals surface area contributed by atoms with Gasteiger partial charge in [-0.15, -0.1) is 0 Å². The lowest BCUT2D eigenvalue weighted by Gasteiger charge is -2.24. The summed E-state index contributed by atoms with van der Waals surface area (Å²) < 4.78 is 29.1. The van der Waals surface area contributed by atoms with E-state index in [2.05, 4.69) is 6.92 Å². The summed E-state index contributed by atoms with van der Waals surface area (Å²) in [6, 6.07) is 0. The fourth-order valence-electron chi connectivity index (χ4n) is 3.61. The Bertz CT molecular complexity index is 435. The van der Waals surface area contributed by atoms with E-state index >= 15 is 0 Å². The van der Waals surface area contributed by atoms with E-state index in [1.807, 2.05) is 13.8 Å². The van der Waals surface area contributed by atoms with Gasteiger partial charge in [0.1, 0.15) is 0 Å². The quantitative estimate of drug-likeness (QED) is 0.165. The molecule has 0 spiro atoms.